The van der Waals surface area contributed by atoms with Gasteiger partial charge >= 0.3 is 6.18 Å². The van der Waals surface area contributed by atoms with Gasteiger partial charge in [-0.1, -0.05) is 0 Å². The maximum absolute atomic E-state index is 12.7. The van der Waals surface area contributed by atoms with Crippen molar-refractivity contribution in [2.24, 2.45) is 5.41 Å². The van der Waals surface area contributed by atoms with Gasteiger partial charge in [-0.05, 0) is 25.8 Å². The molecule has 0 bridgehead atoms. The SMILES string of the molecule is Cc1cc(C=O)cnc1OCC1(C(F)(F)F)CC1. The summed E-state index contributed by atoms with van der Waals surface area (Å²) in [7, 11) is 0. The summed E-state index contributed by atoms with van der Waals surface area (Å²) in [6.07, 6.45) is -2.13. The van der Waals surface area contributed by atoms with Gasteiger partial charge in [0, 0.05) is 17.3 Å². The lowest BCUT2D eigenvalue weighted by Crippen LogP contribution is -2.30. The van der Waals surface area contributed by atoms with Crippen LogP contribution in [0.5, 0.6) is 5.88 Å². The third-order valence-corrected chi connectivity index (χ3v) is 3.13. The first-order valence-corrected chi connectivity index (χ1v) is 5.49. The molecule has 0 saturated heterocycles. The zero-order valence-corrected chi connectivity index (χ0v) is 9.75. The van der Waals surface area contributed by atoms with Gasteiger partial charge in [0.25, 0.3) is 0 Å². The highest BCUT2D eigenvalue weighted by molar-refractivity contribution is 5.74. The minimum absolute atomic E-state index is 0.0992. The molecule has 1 heterocycles. The Hall–Kier alpha value is -1.59. The van der Waals surface area contributed by atoms with E-state index in [4.69, 9.17) is 4.74 Å². The molecule has 98 valence electrons. The Morgan fingerprint density at radius 2 is 2.17 bits per heavy atom. The highest BCUT2D eigenvalue weighted by atomic mass is 19.4. The highest BCUT2D eigenvalue weighted by Crippen LogP contribution is 2.57. The summed E-state index contributed by atoms with van der Waals surface area (Å²) in [5.74, 6) is 0.149. The molecule has 1 aliphatic carbocycles. The van der Waals surface area contributed by atoms with Gasteiger partial charge in [0.2, 0.25) is 5.88 Å². The van der Waals surface area contributed by atoms with Gasteiger partial charge in [0.15, 0.2) is 6.29 Å². The van der Waals surface area contributed by atoms with E-state index in [2.05, 4.69) is 4.98 Å². The Morgan fingerprint density at radius 3 is 2.61 bits per heavy atom. The topological polar surface area (TPSA) is 39.2 Å². The van der Waals surface area contributed by atoms with E-state index >= 15 is 0 Å². The van der Waals surface area contributed by atoms with Crippen molar-refractivity contribution in [2.75, 3.05) is 6.61 Å². The largest absolute Gasteiger partial charge is 0.477 e. The number of pyridine rings is 1. The van der Waals surface area contributed by atoms with Gasteiger partial charge in [-0.3, -0.25) is 4.79 Å². The van der Waals surface area contributed by atoms with Crippen LogP contribution in [0, 0.1) is 12.3 Å². The molecule has 1 fully saturated rings. The van der Waals surface area contributed by atoms with E-state index in [0.29, 0.717) is 17.4 Å². The minimum Gasteiger partial charge on any atom is -0.477 e. The number of ether oxygens (including phenoxy) is 1. The van der Waals surface area contributed by atoms with Crippen LogP contribution in [-0.4, -0.2) is 24.1 Å². The second-order valence-electron chi connectivity index (χ2n) is 4.58. The van der Waals surface area contributed by atoms with Gasteiger partial charge in [-0.15, -0.1) is 0 Å². The molecule has 1 aliphatic rings. The standard InChI is InChI=1S/C12H12F3NO2/c1-8-4-9(6-17)5-16-10(8)18-7-11(2-3-11)12(13,14)15/h4-6H,2-3,7H2,1H3. The van der Waals surface area contributed by atoms with Crippen molar-refractivity contribution in [3.8, 4) is 5.88 Å². The number of halogens is 3. The molecule has 1 aromatic rings. The van der Waals surface area contributed by atoms with Crippen LogP contribution in [-0.2, 0) is 0 Å². The lowest BCUT2D eigenvalue weighted by atomic mass is 10.1. The number of alkyl halides is 3. The van der Waals surface area contributed by atoms with E-state index in [1.165, 1.54) is 12.3 Å². The van der Waals surface area contributed by atoms with Crippen LogP contribution in [0.2, 0.25) is 0 Å². The van der Waals surface area contributed by atoms with Crippen molar-refractivity contribution in [1.29, 1.82) is 0 Å². The summed E-state index contributed by atoms with van der Waals surface area (Å²) in [6.45, 7) is 1.23. The van der Waals surface area contributed by atoms with Gasteiger partial charge in [-0.25, -0.2) is 4.98 Å². The summed E-state index contributed by atoms with van der Waals surface area (Å²) in [5, 5.41) is 0. The Balaban J connectivity index is 2.05. The van der Waals surface area contributed by atoms with Crippen LogP contribution in [0.1, 0.15) is 28.8 Å². The number of aldehydes is 1. The summed E-state index contributed by atoms with van der Waals surface area (Å²) in [6, 6.07) is 1.53. The average molecular weight is 259 g/mol. The highest BCUT2D eigenvalue weighted by Gasteiger charge is 2.63. The number of aryl methyl sites for hydroxylation is 1. The molecule has 1 aromatic heterocycles. The van der Waals surface area contributed by atoms with E-state index in [1.807, 2.05) is 0 Å². The first-order valence-electron chi connectivity index (χ1n) is 5.49. The molecule has 0 radical (unpaired) electrons. The molecule has 18 heavy (non-hydrogen) atoms. The van der Waals surface area contributed by atoms with Crippen molar-refractivity contribution in [2.45, 2.75) is 25.9 Å². The van der Waals surface area contributed by atoms with Crippen molar-refractivity contribution < 1.29 is 22.7 Å². The van der Waals surface area contributed by atoms with Crippen LogP contribution in [0.3, 0.4) is 0 Å². The molecular weight excluding hydrogens is 247 g/mol. The monoisotopic (exact) mass is 259 g/mol. The van der Waals surface area contributed by atoms with Crippen LogP contribution in [0.15, 0.2) is 12.3 Å². The lowest BCUT2D eigenvalue weighted by Gasteiger charge is -2.19. The van der Waals surface area contributed by atoms with E-state index in [0.717, 1.165) is 0 Å². The zero-order valence-electron chi connectivity index (χ0n) is 9.75. The first kappa shape index (κ1) is 12.9. The van der Waals surface area contributed by atoms with Crippen molar-refractivity contribution >= 4 is 6.29 Å². The summed E-state index contributed by atoms with van der Waals surface area (Å²) in [5.41, 5.74) is -0.779. The zero-order chi connectivity index (χ0) is 13.4. The molecule has 2 rings (SSSR count). The molecule has 6 heteroatoms. The number of aromatic nitrogens is 1. The Bertz CT molecular complexity index is 467. The molecular formula is C12H12F3NO2. The molecule has 0 unspecified atom stereocenters. The lowest BCUT2D eigenvalue weighted by molar-refractivity contribution is -0.194. The molecule has 0 aliphatic heterocycles. The van der Waals surface area contributed by atoms with E-state index in [9.17, 15) is 18.0 Å². The molecule has 0 amide bonds. The normalized spacial score (nSPS) is 17.3. The number of hydrogen-bond donors (Lipinski definition) is 0. The predicted octanol–water partition coefficient (Wildman–Crippen LogP) is 2.92. The second-order valence-corrected chi connectivity index (χ2v) is 4.58. The van der Waals surface area contributed by atoms with Crippen molar-refractivity contribution in [3.05, 3.63) is 23.4 Å². The molecule has 0 N–H and O–H groups in total. The fourth-order valence-electron chi connectivity index (χ4n) is 1.67. The number of carbonyl (C=O) groups is 1. The van der Waals surface area contributed by atoms with Crippen LogP contribution < -0.4 is 4.74 Å². The second kappa shape index (κ2) is 4.26. The maximum atomic E-state index is 12.7. The maximum Gasteiger partial charge on any atom is 0.397 e. The van der Waals surface area contributed by atoms with Crippen molar-refractivity contribution in [3.63, 3.8) is 0 Å². The fourth-order valence-corrected chi connectivity index (χ4v) is 1.67. The minimum atomic E-state index is -4.23. The number of nitrogens with zero attached hydrogens (tertiary/aromatic N) is 1. The summed E-state index contributed by atoms with van der Waals surface area (Å²) in [4.78, 5) is 14.3. The van der Waals surface area contributed by atoms with Gasteiger partial charge < -0.3 is 4.74 Å². The number of carbonyl (C=O) groups excluding carboxylic acids is 1. The van der Waals surface area contributed by atoms with Crippen molar-refractivity contribution in [1.82, 2.24) is 4.98 Å². The number of hydrogen-bond acceptors (Lipinski definition) is 3. The Morgan fingerprint density at radius 1 is 1.50 bits per heavy atom. The van der Waals surface area contributed by atoms with Crippen LogP contribution in [0.4, 0.5) is 13.2 Å². The first-order chi connectivity index (χ1) is 8.38. The summed E-state index contributed by atoms with van der Waals surface area (Å²) >= 11 is 0. The quantitative estimate of drug-likeness (QED) is 0.780. The average Bonchev–Trinajstić information content (AvgIpc) is 3.07. The molecule has 1 saturated carbocycles. The van der Waals surface area contributed by atoms with Gasteiger partial charge in [0.1, 0.15) is 12.0 Å². The third kappa shape index (κ3) is 2.32. The number of rotatable bonds is 4. The third-order valence-electron chi connectivity index (χ3n) is 3.13. The Kier molecular flexibility index (Phi) is 3.04. The molecule has 0 aromatic carbocycles. The molecule has 0 atom stereocenters. The van der Waals surface area contributed by atoms with Gasteiger partial charge in [0.05, 0.1) is 0 Å². The van der Waals surface area contributed by atoms with Gasteiger partial charge in [-0.2, -0.15) is 13.2 Å². The van der Waals surface area contributed by atoms with Crippen LogP contribution >= 0.6 is 0 Å². The fraction of sp³-hybridized carbons (Fsp3) is 0.500. The van der Waals surface area contributed by atoms with Crippen LogP contribution in [0.25, 0.3) is 0 Å². The smallest absolute Gasteiger partial charge is 0.397 e. The Labute approximate surface area is 102 Å². The molecule has 0 spiro atoms. The summed E-state index contributed by atoms with van der Waals surface area (Å²) < 4.78 is 43.2. The molecule has 3 nitrogen and oxygen atoms in total. The van der Waals surface area contributed by atoms with E-state index in [-0.39, 0.29) is 18.7 Å². The predicted molar refractivity (Wildman–Crippen MR) is 57.6 cm³/mol. The van der Waals surface area contributed by atoms with E-state index in [1.54, 1.807) is 6.92 Å². The van der Waals surface area contributed by atoms with E-state index < -0.39 is 18.2 Å².